The fourth-order valence-corrected chi connectivity index (χ4v) is 1.02. The molecule has 0 aliphatic heterocycles. The minimum atomic E-state index is -1.65. The van der Waals surface area contributed by atoms with E-state index in [4.69, 9.17) is 19.3 Å². The van der Waals surface area contributed by atoms with Crippen molar-refractivity contribution >= 4 is 11.9 Å². The Bertz CT molecular complexity index is 359. The van der Waals surface area contributed by atoms with Crippen LogP contribution in [0.3, 0.4) is 0 Å². The Morgan fingerprint density at radius 2 is 1.68 bits per heavy atom. The number of carboxylic acids is 1. The van der Waals surface area contributed by atoms with Crippen molar-refractivity contribution in [1.29, 1.82) is 0 Å². The molecule has 0 aliphatic rings. The van der Waals surface area contributed by atoms with Gasteiger partial charge in [0.1, 0.15) is 0 Å². The first-order valence-corrected chi connectivity index (χ1v) is 5.47. The van der Waals surface area contributed by atoms with Gasteiger partial charge in [-0.15, -0.1) is 13.2 Å². The third kappa shape index (κ3) is 7.17. The minimum absolute atomic E-state index is 0.0896. The van der Waals surface area contributed by atoms with E-state index in [9.17, 15) is 9.59 Å². The highest BCUT2D eigenvalue weighted by Crippen LogP contribution is 2.17. The number of hydrogen-bond acceptors (Lipinski definition) is 5. The molecule has 6 nitrogen and oxygen atoms in total. The molecule has 0 spiro atoms. The van der Waals surface area contributed by atoms with E-state index in [1.54, 1.807) is 0 Å². The van der Waals surface area contributed by atoms with Gasteiger partial charge >= 0.3 is 17.9 Å². The maximum absolute atomic E-state index is 11.6. The number of aliphatic carboxylic acids is 1. The molecular formula is C13H18O6. The number of esters is 1. The molecule has 0 aromatic carbocycles. The van der Waals surface area contributed by atoms with Crippen LogP contribution in [-0.4, -0.2) is 36.2 Å². The van der Waals surface area contributed by atoms with Gasteiger partial charge in [-0.25, -0.2) is 4.79 Å². The third-order valence-corrected chi connectivity index (χ3v) is 1.86. The van der Waals surface area contributed by atoms with Gasteiger partial charge in [-0.2, -0.15) is 0 Å². The fourth-order valence-electron chi connectivity index (χ4n) is 1.02. The van der Waals surface area contributed by atoms with Crippen LogP contribution in [0.5, 0.6) is 0 Å². The molecule has 1 N–H and O–H groups in total. The zero-order valence-corrected chi connectivity index (χ0v) is 10.9. The summed E-state index contributed by atoms with van der Waals surface area (Å²) in [4.78, 5) is 22.1. The molecule has 0 aliphatic carbocycles. The van der Waals surface area contributed by atoms with Crippen LogP contribution < -0.4 is 0 Å². The zero-order valence-electron chi connectivity index (χ0n) is 10.9. The Hall–Kier alpha value is -1.92. The van der Waals surface area contributed by atoms with E-state index in [0.717, 1.165) is 0 Å². The average molecular weight is 270 g/mol. The van der Waals surface area contributed by atoms with E-state index in [2.05, 4.69) is 19.7 Å². The average Bonchev–Trinajstić information content (AvgIpc) is 2.33. The Morgan fingerprint density at radius 1 is 1.21 bits per heavy atom. The standard InChI is InChI=1S/C13H18O6/c1-5-7-17-13(4,18-8-6-2)19-12(16)10(3)9-11(14)15/h5-6H,1-3,7-9H2,4H3,(H,14,15). The van der Waals surface area contributed by atoms with Crippen LogP contribution in [0.25, 0.3) is 0 Å². The number of ether oxygens (including phenoxy) is 3. The number of carbonyl (C=O) groups is 2. The van der Waals surface area contributed by atoms with Crippen LogP contribution in [0.1, 0.15) is 13.3 Å². The first-order valence-electron chi connectivity index (χ1n) is 5.47. The van der Waals surface area contributed by atoms with E-state index in [1.807, 2.05) is 0 Å². The van der Waals surface area contributed by atoms with E-state index < -0.39 is 24.3 Å². The van der Waals surface area contributed by atoms with Crippen LogP contribution in [0.4, 0.5) is 0 Å². The molecule has 106 valence electrons. The molecule has 0 saturated heterocycles. The maximum Gasteiger partial charge on any atom is 0.338 e. The van der Waals surface area contributed by atoms with Crippen molar-refractivity contribution in [3.8, 4) is 0 Å². The van der Waals surface area contributed by atoms with Gasteiger partial charge in [-0.05, 0) is 0 Å². The number of rotatable bonds is 10. The second-order valence-corrected chi connectivity index (χ2v) is 3.63. The van der Waals surface area contributed by atoms with Crippen molar-refractivity contribution in [2.24, 2.45) is 0 Å². The molecule has 6 heteroatoms. The van der Waals surface area contributed by atoms with Gasteiger partial charge in [0.05, 0.1) is 19.6 Å². The lowest BCUT2D eigenvalue weighted by molar-refractivity contribution is -0.343. The molecule has 0 aromatic heterocycles. The van der Waals surface area contributed by atoms with Crippen molar-refractivity contribution < 1.29 is 28.9 Å². The topological polar surface area (TPSA) is 82.1 Å². The largest absolute Gasteiger partial charge is 0.481 e. The lowest BCUT2D eigenvalue weighted by atomic mass is 10.2. The summed E-state index contributed by atoms with van der Waals surface area (Å²) in [7, 11) is 0. The lowest BCUT2D eigenvalue weighted by Crippen LogP contribution is -2.38. The highest BCUT2D eigenvalue weighted by Gasteiger charge is 2.31. The van der Waals surface area contributed by atoms with Crippen LogP contribution >= 0.6 is 0 Å². The maximum atomic E-state index is 11.6. The predicted molar refractivity (Wildman–Crippen MR) is 68.2 cm³/mol. The summed E-state index contributed by atoms with van der Waals surface area (Å²) in [5.41, 5.74) is -0.205. The monoisotopic (exact) mass is 270 g/mol. The van der Waals surface area contributed by atoms with Crippen molar-refractivity contribution in [2.45, 2.75) is 19.3 Å². The molecule has 0 atom stereocenters. The van der Waals surface area contributed by atoms with Crippen molar-refractivity contribution in [2.75, 3.05) is 13.2 Å². The Kier molecular flexibility index (Phi) is 7.40. The molecule has 19 heavy (non-hydrogen) atoms. The fraction of sp³-hybridized carbons (Fsp3) is 0.385. The summed E-state index contributed by atoms with van der Waals surface area (Å²) in [5, 5.41) is 8.56. The quantitative estimate of drug-likeness (QED) is 0.281. The smallest absolute Gasteiger partial charge is 0.338 e. The summed E-state index contributed by atoms with van der Waals surface area (Å²) in [6.07, 6.45) is 2.39. The molecular weight excluding hydrogens is 252 g/mol. The van der Waals surface area contributed by atoms with Gasteiger partial charge < -0.3 is 19.3 Å². The van der Waals surface area contributed by atoms with Crippen LogP contribution in [0.2, 0.25) is 0 Å². The van der Waals surface area contributed by atoms with Crippen molar-refractivity contribution in [3.05, 3.63) is 37.5 Å². The first-order chi connectivity index (χ1) is 8.84. The van der Waals surface area contributed by atoms with E-state index in [0.29, 0.717) is 0 Å². The van der Waals surface area contributed by atoms with Gasteiger partial charge in [0.15, 0.2) is 0 Å². The second-order valence-electron chi connectivity index (χ2n) is 3.63. The molecule has 0 bridgehead atoms. The van der Waals surface area contributed by atoms with Gasteiger partial charge in [0.25, 0.3) is 0 Å². The molecule has 0 heterocycles. The zero-order chi connectivity index (χ0) is 14.9. The van der Waals surface area contributed by atoms with Gasteiger partial charge in [-0.3, -0.25) is 4.79 Å². The molecule has 0 amide bonds. The molecule has 0 fully saturated rings. The van der Waals surface area contributed by atoms with Crippen molar-refractivity contribution in [1.82, 2.24) is 0 Å². The second kappa shape index (κ2) is 8.23. The Balaban J connectivity index is 4.64. The van der Waals surface area contributed by atoms with Crippen LogP contribution in [-0.2, 0) is 23.8 Å². The number of hydrogen-bond donors (Lipinski definition) is 1. The highest BCUT2D eigenvalue weighted by molar-refractivity contribution is 5.92. The van der Waals surface area contributed by atoms with Gasteiger partial charge in [0, 0.05) is 12.5 Å². The SMILES string of the molecule is C=CCOC(C)(OCC=C)OC(=O)C(=C)CC(=O)O. The van der Waals surface area contributed by atoms with Crippen LogP contribution in [0.15, 0.2) is 37.5 Å². The Morgan fingerprint density at radius 3 is 2.05 bits per heavy atom. The summed E-state index contributed by atoms with van der Waals surface area (Å²) >= 11 is 0. The summed E-state index contributed by atoms with van der Waals surface area (Å²) < 4.78 is 15.3. The first kappa shape index (κ1) is 17.1. The molecule has 0 aromatic rings. The van der Waals surface area contributed by atoms with Gasteiger partial charge in [0.2, 0.25) is 0 Å². The van der Waals surface area contributed by atoms with Crippen molar-refractivity contribution in [3.63, 3.8) is 0 Å². The Labute approximate surface area is 112 Å². The number of carboxylic acid groups (broad SMARTS) is 1. The van der Waals surface area contributed by atoms with Crippen LogP contribution in [0, 0.1) is 0 Å². The van der Waals surface area contributed by atoms with E-state index in [1.165, 1.54) is 19.1 Å². The predicted octanol–water partition coefficient (Wildman–Crippen LogP) is 1.64. The van der Waals surface area contributed by atoms with Gasteiger partial charge in [-0.1, -0.05) is 18.7 Å². The molecule has 0 rings (SSSR count). The molecule has 0 unspecified atom stereocenters. The summed E-state index contributed by atoms with van der Waals surface area (Å²) in [6.45, 7) is 11.8. The summed E-state index contributed by atoms with van der Waals surface area (Å²) in [5.74, 6) is -3.73. The minimum Gasteiger partial charge on any atom is -0.481 e. The molecule has 0 radical (unpaired) electrons. The lowest BCUT2D eigenvalue weighted by Gasteiger charge is -2.28. The normalized spacial score (nSPS) is 10.6. The third-order valence-electron chi connectivity index (χ3n) is 1.86. The molecule has 0 saturated carbocycles. The summed E-state index contributed by atoms with van der Waals surface area (Å²) in [6, 6.07) is 0. The number of carbonyl (C=O) groups excluding carboxylic acids is 1. The van der Waals surface area contributed by atoms with E-state index in [-0.39, 0.29) is 18.8 Å². The highest BCUT2D eigenvalue weighted by atomic mass is 16.9. The van der Waals surface area contributed by atoms with E-state index >= 15 is 0 Å².